The smallest absolute Gasteiger partial charge is 0.263 e. The van der Waals surface area contributed by atoms with Crippen LogP contribution in [0.5, 0.6) is 0 Å². The monoisotopic (exact) mass is 500 g/mol. The van der Waals surface area contributed by atoms with Gasteiger partial charge >= 0.3 is 0 Å². The number of aryl methyl sites for hydroxylation is 3. The lowest BCUT2D eigenvalue weighted by Crippen LogP contribution is -2.22. The van der Waals surface area contributed by atoms with Crippen molar-refractivity contribution in [2.75, 3.05) is 11.1 Å². The molecule has 0 fully saturated rings. The third kappa shape index (κ3) is 4.25. The summed E-state index contributed by atoms with van der Waals surface area (Å²) in [5, 5.41) is 6.33. The van der Waals surface area contributed by atoms with Crippen LogP contribution in [0.1, 0.15) is 42.6 Å². The highest BCUT2D eigenvalue weighted by atomic mass is 32.1. The first-order valence-corrected chi connectivity index (χ1v) is 12.1. The number of fused-ring (bicyclic) bond motifs is 1. The number of anilines is 2. The van der Waals surface area contributed by atoms with E-state index in [1.54, 1.807) is 37.5 Å². The molecule has 182 valence electrons. The summed E-state index contributed by atoms with van der Waals surface area (Å²) in [7, 11) is 0. The van der Waals surface area contributed by atoms with E-state index >= 15 is 0 Å². The second-order valence-corrected chi connectivity index (χ2v) is 9.48. The zero-order chi connectivity index (χ0) is 25.4. The van der Waals surface area contributed by atoms with Crippen LogP contribution in [0.25, 0.3) is 21.5 Å². The molecule has 0 unspecified atom stereocenters. The van der Waals surface area contributed by atoms with Gasteiger partial charge in [0.15, 0.2) is 0 Å². The van der Waals surface area contributed by atoms with Crippen LogP contribution in [0.4, 0.5) is 11.4 Å². The summed E-state index contributed by atoms with van der Waals surface area (Å²) in [6.07, 6.45) is 3.07. The minimum Gasteiger partial charge on any atom is -0.467 e. The molecule has 1 aromatic carbocycles. The number of rotatable bonds is 6. The lowest BCUT2D eigenvalue weighted by Gasteiger charge is -2.14. The number of benzene rings is 1. The average molecular weight is 501 g/mol. The lowest BCUT2D eigenvalue weighted by atomic mass is 9.99. The molecule has 9 heteroatoms. The topological polar surface area (TPSA) is 123 Å². The molecule has 0 aliphatic carbocycles. The van der Waals surface area contributed by atoms with Gasteiger partial charge in [-0.2, -0.15) is 0 Å². The molecule has 36 heavy (non-hydrogen) atoms. The fraction of sp³-hybridized carbons (Fsp3) is 0.148. The van der Waals surface area contributed by atoms with E-state index < -0.39 is 0 Å². The molecule has 0 spiro atoms. The van der Waals surface area contributed by atoms with Crippen LogP contribution < -0.4 is 16.4 Å². The normalized spacial score (nSPS) is 11.1. The van der Waals surface area contributed by atoms with Gasteiger partial charge in [0.2, 0.25) is 0 Å². The molecular weight excluding hydrogens is 476 g/mol. The zero-order valence-corrected chi connectivity index (χ0v) is 20.8. The van der Waals surface area contributed by atoms with Crippen LogP contribution in [0.15, 0.2) is 63.8 Å². The van der Waals surface area contributed by atoms with Crippen molar-refractivity contribution in [2.45, 2.75) is 27.3 Å². The van der Waals surface area contributed by atoms with Crippen molar-refractivity contribution in [1.29, 1.82) is 0 Å². The van der Waals surface area contributed by atoms with Crippen molar-refractivity contribution >= 4 is 44.7 Å². The molecule has 0 aliphatic heterocycles. The maximum absolute atomic E-state index is 13.6. The Labute approximate surface area is 211 Å². The summed E-state index contributed by atoms with van der Waals surface area (Å²) in [5.41, 5.74) is 10.9. The maximum Gasteiger partial charge on any atom is 0.263 e. The minimum atomic E-state index is -0.351. The van der Waals surface area contributed by atoms with E-state index in [1.165, 1.54) is 17.6 Å². The Balaban J connectivity index is 1.60. The molecule has 5 aromatic rings. The molecule has 0 atom stereocenters. The van der Waals surface area contributed by atoms with Gasteiger partial charge in [0.25, 0.3) is 11.8 Å². The second kappa shape index (κ2) is 9.35. The van der Waals surface area contributed by atoms with Crippen molar-refractivity contribution < 1.29 is 18.4 Å². The summed E-state index contributed by atoms with van der Waals surface area (Å²) in [5.74, 6) is 0.396. The van der Waals surface area contributed by atoms with Crippen molar-refractivity contribution in [1.82, 2.24) is 10.3 Å². The van der Waals surface area contributed by atoms with E-state index in [4.69, 9.17) is 14.6 Å². The number of carbonyl (C=O) groups excluding carboxylic acids is 2. The number of nitrogens with zero attached hydrogens (tertiary/aromatic N) is 1. The van der Waals surface area contributed by atoms with Crippen LogP contribution in [0.3, 0.4) is 0 Å². The number of hydrogen-bond donors (Lipinski definition) is 3. The molecule has 4 N–H and O–H groups in total. The highest BCUT2D eigenvalue weighted by Crippen LogP contribution is 2.42. The van der Waals surface area contributed by atoms with E-state index in [1.807, 2.05) is 32.0 Å². The van der Waals surface area contributed by atoms with Crippen LogP contribution >= 0.6 is 11.3 Å². The van der Waals surface area contributed by atoms with Gasteiger partial charge in [-0.05, 0) is 56.7 Å². The number of thiophene rings is 1. The summed E-state index contributed by atoms with van der Waals surface area (Å²) < 4.78 is 11.0. The Kier molecular flexibility index (Phi) is 6.07. The maximum atomic E-state index is 13.6. The Morgan fingerprint density at radius 1 is 1.03 bits per heavy atom. The SMILES string of the molecule is Cc1ccc(NC(=O)c2c(C)nc3sc(C(=O)NCc4ccco4)c(N)c3c2-c2ccco2)c(C)c1. The molecule has 8 nitrogen and oxygen atoms in total. The molecule has 0 aliphatic rings. The summed E-state index contributed by atoms with van der Waals surface area (Å²) in [6, 6.07) is 12.8. The first kappa shape index (κ1) is 23.4. The Hall–Kier alpha value is -4.37. The minimum absolute atomic E-state index is 0.223. The van der Waals surface area contributed by atoms with Crippen molar-refractivity contribution in [3.8, 4) is 11.3 Å². The number of amides is 2. The summed E-state index contributed by atoms with van der Waals surface area (Å²) in [4.78, 5) is 32.1. The van der Waals surface area contributed by atoms with Gasteiger partial charge in [-0.15, -0.1) is 11.3 Å². The second-order valence-electron chi connectivity index (χ2n) is 8.48. The van der Waals surface area contributed by atoms with Gasteiger partial charge in [0, 0.05) is 16.6 Å². The molecule has 2 amide bonds. The van der Waals surface area contributed by atoms with E-state index in [-0.39, 0.29) is 24.0 Å². The van der Waals surface area contributed by atoms with Gasteiger partial charge in [0.1, 0.15) is 21.2 Å². The van der Waals surface area contributed by atoms with Crippen molar-refractivity contribution in [3.05, 3.63) is 88.0 Å². The molecule has 4 heterocycles. The Morgan fingerprint density at radius 2 is 1.81 bits per heavy atom. The fourth-order valence-corrected chi connectivity index (χ4v) is 5.25. The van der Waals surface area contributed by atoms with Gasteiger partial charge in [0.05, 0.1) is 36.0 Å². The number of pyridine rings is 1. The molecule has 0 saturated heterocycles. The fourth-order valence-electron chi connectivity index (χ4n) is 4.18. The zero-order valence-electron chi connectivity index (χ0n) is 20.0. The van der Waals surface area contributed by atoms with Gasteiger partial charge in [-0.1, -0.05) is 17.7 Å². The molecule has 4 aromatic heterocycles. The van der Waals surface area contributed by atoms with Crippen LogP contribution in [0, 0.1) is 20.8 Å². The lowest BCUT2D eigenvalue weighted by molar-refractivity contribution is 0.0952. The average Bonchev–Trinajstić information content (AvgIpc) is 3.60. The predicted molar refractivity (Wildman–Crippen MR) is 140 cm³/mol. The van der Waals surface area contributed by atoms with Crippen molar-refractivity contribution in [3.63, 3.8) is 0 Å². The third-order valence-corrected chi connectivity index (χ3v) is 6.99. The molecule has 0 saturated carbocycles. The first-order chi connectivity index (χ1) is 17.3. The highest BCUT2D eigenvalue weighted by Gasteiger charge is 2.28. The van der Waals surface area contributed by atoms with Gasteiger partial charge in [-0.3, -0.25) is 9.59 Å². The highest BCUT2D eigenvalue weighted by molar-refractivity contribution is 7.21. The number of nitrogen functional groups attached to an aromatic ring is 1. The number of nitrogens with two attached hydrogens (primary N) is 1. The number of furan rings is 2. The quantitative estimate of drug-likeness (QED) is 0.269. The van der Waals surface area contributed by atoms with Crippen LogP contribution in [0.2, 0.25) is 0 Å². The summed E-state index contributed by atoms with van der Waals surface area (Å²) in [6.45, 7) is 5.92. The number of carbonyl (C=O) groups is 2. The summed E-state index contributed by atoms with van der Waals surface area (Å²) >= 11 is 1.17. The van der Waals surface area contributed by atoms with E-state index in [2.05, 4.69) is 15.6 Å². The van der Waals surface area contributed by atoms with Crippen LogP contribution in [-0.2, 0) is 6.54 Å². The Morgan fingerprint density at radius 3 is 2.50 bits per heavy atom. The largest absolute Gasteiger partial charge is 0.467 e. The Bertz CT molecular complexity index is 1580. The molecule has 5 rings (SSSR count). The first-order valence-electron chi connectivity index (χ1n) is 11.3. The predicted octanol–water partition coefficient (Wildman–Crippen LogP) is 5.84. The van der Waals surface area contributed by atoms with E-state index in [0.717, 1.165) is 11.1 Å². The molecular formula is C27H24N4O4S. The van der Waals surface area contributed by atoms with Crippen molar-refractivity contribution in [2.24, 2.45) is 0 Å². The third-order valence-electron chi connectivity index (χ3n) is 5.89. The number of nitrogens with one attached hydrogen (secondary N) is 2. The van der Waals surface area contributed by atoms with E-state index in [9.17, 15) is 9.59 Å². The number of aromatic nitrogens is 1. The number of hydrogen-bond acceptors (Lipinski definition) is 7. The standard InChI is InChI=1S/C27H24N4O4S/c1-14-8-9-18(15(2)12-14)31-25(32)20-16(3)30-27-22(21(20)19-7-5-11-35-19)23(28)24(36-27)26(33)29-13-17-6-4-10-34-17/h4-12H,13,28H2,1-3H3,(H,29,33)(H,31,32). The van der Waals surface area contributed by atoms with Gasteiger partial charge in [-0.25, -0.2) is 4.98 Å². The van der Waals surface area contributed by atoms with E-state index in [0.29, 0.717) is 49.1 Å². The van der Waals surface area contributed by atoms with Crippen LogP contribution in [-0.4, -0.2) is 16.8 Å². The molecule has 0 radical (unpaired) electrons. The van der Waals surface area contributed by atoms with Gasteiger partial charge < -0.3 is 25.2 Å². The molecule has 0 bridgehead atoms.